The number of methoxy groups -OCH3 is 1. The van der Waals surface area contributed by atoms with Crippen LogP contribution in [0, 0.1) is 0 Å². The minimum absolute atomic E-state index is 0.358. The van der Waals surface area contributed by atoms with Gasteiger partial charge in [-0.3, -0.25) is 4.79 Å². The van der Waals surface area contributed by atoms with Gasteiger partial charge in [-0.05, 0) is 37.9 Å². The summed E-state index contributed by atoms with van der Waals surface area (Å²) in [6.45, 7) is 4.23. The molecule has 1 unspecified atom stereocenters. The van der Waals surface area contributed by atoms with Crippen LogP contribution in [0.3, 0.4) is 0 Å². The highest BCUT2D eigenvalue weighted by molar-refractivity contribution is 7.91. The summed E-state index contributed by atoms with van der Waals surface area (Å²) in [4.78, 5) is 12.5. The molecule has 1 fully saturated rings. The maximum Gasteiger partial charge on any atom is 0.252 e. The van der Waals surface area contributed by atoms with Crippen molar-refractivity contribution < 1.29 is 17.9 Å². The first-order chi connectivity index (χ1) is 14.8. The molecule has 3 rings (SSSR count). The number of primary amides is 1. The molecule has 0 radical (unpaired) electrons. The van der Waals surface area contributed by atoms with Crippen molar-refractivity contribution in [1.82, 2.24) is 9.62 Å². The Hall–Kier alpha value is -1.52. The van der Waals surface area contributed by atoms with Gasteiger partial charge in [-0.1, -0.05) is 31.6 Å². The predicted octanol–water partition coefficient (Wildman–Crippen LogP) is 2.59. The van der Waals surface area contributed by atoms with Crippen LogP contribution in [0.4, 0.5) is 0 Å². The first-order valence-corrected chi connectivity index (χ1v) is 13.1. The summed E-state index contributed by atoms with van der Waals surface area (Å²) in [5, 5.41) is 3.53. The number of hydrogen-bond acceptors (Lipinski definition) is 6. The number of ether oxygens (including phenoxy) is 1. The third kappa shape index (κ3) is 5.84. The molecule has 31 heavy (non-hydrogen) atoms. The molecule has 1 saturated heterocycles. The number of hydrogen-bond donors (Lipinski definition) is 2. The van der Waals surface area contributed by atoms with E-state index in [9.17, 15) is 13.2 Å². The Labute approximate surface area is 189 Å². The average molecular weight is 468 g/mol. The average Bonchev–Trinajstić information content (AvgIpc) is 3.23. The van der Waals surface area contributed by atoms with Crippen LogP contribution in [0.5, 0.6) is 0 Å². The Morgan fingerprint density at radius 3 is 2.74 bits per heavy atom. The number of unbranched alkanes of at least 4 members (excludes halogenated alkanes) is 1. The second-order valence-electron chi connectivity index (χ2n) is 8.24. The third-order valence-electron chi connectivity index (χ3n) is 6.03. The maximum atomic E-state index is 13.2. The summed E-state index contributed by atoms with van der Waals surface area (Å²) in [5.41, 5.74) is 5.24. The van der Waals surface area contributed by atoms with E-state index < -0.39 is 21.5 Å². The van der Waals surface area contributed by atoms with Crippen LogP contribution < -0.4 is 11.1 Å². The zero-order valence-electron chi connectivity index (χ0n) is 18.3. The number of nitrogens with zero attached hydrogens (tertiary/aromatic N) is 1. The molecule has 1 atom stereocenters. The van der Waals surface area contributed by atoms with Gasteiger partial charge >= 0.3 is 0 Å². The van der Waals surface area contributed by atoms with Crippen molar-refractivity contribution in [3.05, 3.63) is 40.8 Å². The normalized spacial score (nSPS) is 23.1. The molecule has 0 bridgehead atoms. The minimum atomic E-state index is -3.50. The third-order valence-corrected chi connectivity index (χ3v) is 9.48. The lowest BCUT2D eigenvalue weighted by atomic mass is 9.86. The molecule has 0 aromatic carbocycles. The summed E-state index contributed by atoms with van der Waals surface area (Å²) in [6, 6.07) is 3.92. The Morgan fingerprint density at radius 1 is 1.35 bits per heavy atom. The molecule has 9 heteroatoms. The lowest BCUT2D eigenvalue weighted by Gasteiger charge is -2.32. The SMILES string of the molecule is CCCCNC1CCN(S(=O)(=O)c2ccc(CC3(OC)C=CC=C(C(N)=O)C3)s2)CC1. The number of rotatable bonds is 10. The van der Waals surface area contributed by atoms with E-state index in [0.717, 1.165) is 37.1 Å². The number of nitrogens with one attached hydrogen (secondary N) is 1. The van der Waals surface area contributed by atoms with Crippen molar-refractivity contribution in [2.75, 3.05) is 26.7 Å². The summed E-state index contributed by atoms with van der Waals surface area (Å²) in [6.07, 6.45) is 10.2. The molecule has 2 aliphatic rings. The van der Waals surface area contributed by atoms with Crippen LogP contribution in [0.25, 0.3) is 0 Å². The van der Waals surface area contributed by atoms with Crippen molar-refractivity contribution in [3.63, 3.8) is 0 Å². The highest BCUT2D eigenvalue weighted by Gasteiger charge is 2.34. The Morgan fingerprint density at radius 2 is 2.10 bits per heavy atom. The van der Waals surface area contributed by atoms with Crippen LogP contribution in [-0.4, -0.2) is 57.0 Å². The molecule has 7 nitrogen and oxygen atoms in total. The lowest BCUT2D eigenvalue weighted by Crippen LogP contribution is -2.44. The van der Waals surface area contributed by atoms with E-state index in [0.29, 0.717) is 41.8 Å². The number of carbonyl (C=O) groups excluding carboxylic acids is 1. The largest absolute Gasteiger partial charge is 0.373 e. The van der Waals surface area contributed by atoms with Gasteiger partial charge in [0, 0.05) is 49.5 Å². The maximum absolute atomic E-state index is 13.2. The second-order valence-corrected chi connectivity index (χ2v) is 11.6. The Balaban J connectivity index is 1.64. The zero-order chi connectivity index (χ0) is 22.5. The molecule has 0 spiro atoms. The molecule has 172 valence electrons. The van der Waals surface area contributed by atoms with E-state index in [-0.39, 0.29) is 0 Å². The number of thiophene rings is 1. The summed E-state index contributed by atoms with van der Waals surface area (Å²) in [7, 11) is -1.91. The molecule has 3 N–H and O–H groups in total. The standard InChI is InChI=1S/C22H33N3O4S2/c1-3-4-12-24-18-9-13-25(14-10-18)31(27,28)20-8-7-19(30-20)16-22(29-2)11-5-6-17(15-22)21(23)26/h5-8,11,18,24H,3-4,9-10,12-16H2,1-2H3,(H2,23,26). The van der Waals surface area contributed by atoms with Gasteiger partial charge in [-0.15, -0.1) is 11.3 Å². The molecule has 2 heterocycles. The monoisotopic (exact) mass is 467 g/mol. The van der Waals surface area contributed by atoms with Gasteiger partial charge < -0.3 is 15.8 Å². The molecular weight excluding hydrogens is 434 g/mol. The molecule has 1 aromatic heterocycles. The van der Waals surface area contributed by atoms with Gasteiger partial charge in [0.15, 0.2) is 0 Å². The first-order valence-electron chi connectivity index (χ1n) is 10.9. The number of amides is 1. The molecule has 1 amide bonds. The fourth-order valence-corrected chi connectivity index (χ4v) is 7.17. The summed E-state index contributed by atoms with van der Waals surface area (Å²) < 4.78 is 34.0. The number of allylic oxidation sites excluding steroid dienone is 2. The van der Waals surface area contributed by atoms with E-state index in [2.05, 4.69) is 12.2 Å². The number of nitrogens with two attached hydrogens (primary N) is 1. The summed E-state index contributed by atoms with van der Waals surface area (Å²) >= 11 is 1.27. The quantitative estimate of drug-likeness (QED) is 0.515. The highest BCUT2D eigenvalue weighted by Crippen LogP contribution is 2.34. The van der Waals surface area contributed by atoms with Gasteiger partial charge in [-0.2, -0.15) is 4.31 Å². The van der Waals surface area contributed by atoms with Crippen LogP contribution in [-0.2, 0) is 26.0 Å². The predicted molar refractivity (Wildman–Crippen MR) is 123 cm³/mol. The van der Waals surface area contributed by atoms with Crippen molar-refractivity contribution in [3.8, 4) is 0 Å². The van der Waals surface area contributed by atoms with E-state index in [1.807, 2.05) is 12.1 Å². The van der Waals surface area contributed by atoms with E-state index in [1.54, 1.807) is 29.6 Å². The van der Waals surface area contributed by atoms with E-state index in [1.165, 1.54) is 11.3 Å². The number of carbonyl (C=O) groups is 1. The second kappa shape index (κ2) is 10.4. The molecule has 0 saturated carbocycles. The van der Waals surface area contributed by atoms with Gasteiger partial charge in [0.1, 0.15) is 4.21 Å². The van der Waals surface area contributed by atoms with E-state index in [4.69, 9.17) is 10.5 Å². The summed E-state index contributed by atoms with van der Waals surface area (Å²) in [5.74, 6) is -0.465. The Bertz CT molecular complexity index is 930. The van der Waals surface area contributed by atoms with Crippen molar-refractivity contribution in [1.29, 1.82) is 0 Å². The van der Waals surface area contributed by atoms with Gasteiger partial charge in [0.2, 0.25) is 5.91 Å². The first kappa shape index (κ1) is 24.1. The van der Waals surface area contributed by atoms with Gasteiger partial charge in [-0.25, -0.2) is 8.42 Å². The topological polar surface area (TPSA) is 102 Å². The zero-order valence-corrected chi connectivity index (χ0v) is 19.9. The van der Waals surface area contributed by atoms with Crippen LogP contribution in [0.15, 0.2) is 40.1 Å². The van der Waals surface area contributed by atoms with E-state index >= 15 is 0 Å². The number of sulfonamides is 1. The van der Waals surface area contributed by atoms with Crippen molar-refractivity contribution >= 4 is 27.3 Å². The van der Waals surface area contributed by atoms with Crippen molar-refractivity contribution in [2.45, 2.75) is 61.3 Å². The molecular formula is C22H33N3O4S2. The number of piperidine rings is 1. The van der Waals surface area contributed by atoms with Crippen LogP contribution >= 0.6 is 11.3 Å². The van der Waals surface area contributed by atoms with Gasteiger partial charge in [0.25, 0.3) is 10.0 Å². The van der Waals surface area contributed by atoms with Crippen LogP contribution in [0.2, 0.25) is 0 Å². The Kier molecular flexibility index (Phi) is 8.09. The smallest absolute Gasteiger partial charge is 0.252 e. The molecule has 1 aliphatic heterocycles. The fraction of sp³-hybridized carbons (Fsp3) is 0.591. The molecule has 1 aliphatic carbocycles. The minimum Gasteiger partial charge on any atom is -0.373 e. The van der Waals surface area contributed by atoms with Crippen molar-refractivity contribution in [2.24, 2.45) is 5.73 Å². The highest BCUT2D eigenvalue weighted by atomic mass is 32.2. The van der Waals surface area contributed by atoms with Gasteiger partial charge in [0.05, 0.1) is 5.60 Å². The van der Waals surface area contributed by atoms with Crippen LogP contribution in [0.1, 0.15) is 43.9 Å². The fourth-order valence-electron chi connectivity index (χ4n) is 4.08. The lowest BCUT2D eigenvalue weighted by molar-refractivity contribution is -0.115. The molecule has 1 aromatic rings.